The summed E-state index contributed by atoms with van der Waals surface area (Å²) in [5.74, 6) is 0.237. The van der Waals surface area contributed by atoms with E-state index in [1.54, 1.807) is 6.92 Å². The Morgan fingerprint density at radius 2 is 1.61 bits per heavy atom. The Bertz CT molecular complexity index is 609. The van der Waals surface area contributed by atoms with Crippen molar-refractivity contribution in [3.63, 3.8) is 0 Å². The summed E-state index contributed by atoms with van der Waals surface area (Å²) in [7, 11) is 0. The van der Waals surface area contributed by atoms with Crippen molar-refractivity contribution < 1.29 is 9.90 Å². The Morgan fingerprint density at radius 1 is 1.00 bits per heavy atom. The van der Waals surface area contributed by atoms with Crippen molar-refractivity contribution in [1.82, 2.24) is 5.32 Å². The summed E-state index contributed by atoms with van der Waals surface area (Å²) < 4.78 is 0. The third kappa shape index (κ3) is 5.75. The van der Waals surface area contributed by atoms with Crippen molar-refractivity contribution in [2.45, 2.75) is 26.4 Å². The van der Waals surface area contributed by atoms with E-state index in [4.69, 9.17) is 0 Å². The van der Waals surface area contributed by atoms with Gasteiger partial charge in [0.15, 0.2) is 0 Å². The van der Waals surface area contributed by atoms with E-state index in [1.807, 2.05) is 49.4 Å². The van der Waals surface area contributed by atoms with Crippen molar-refractivity contribution in [3.8, 4) is 11.1 Å². The molecule has 4 nitrogen and oxygen atoms in total. The van der Waals surface area contributed by atoms with E-state index in [0.29, 0.717) is 13.0 Å². The van der Waals surface area contributed by atoms with Gasteiger partial charge in [-0.05, 0) is 42.5 Å². The average Bonchev–Trinajstić information content (AvgIpc) is 2.54. The molecule has 0 aromatic heterocycles. The monoisotopic (exact) mass is 312 g/mol. The van der Waals surface area contributed by atoms with Crippen LogP contribution in [-0.2, 0) is 0 Å². The molecule has 2 aromatic carbocycles. The van der Waals surface area contributed by atoms with Crippen LogP contribution < -0.4 is 10.6 Å². The van der Waals surface area contributed by atoms with Gasteiger partial charge < -0.3 is 15.7 Å². The molecule has 2 unspecified atom stereocenters. The topological polar surface area (TPSA) is 61.4 Å². The summed E-state index contributed by atoms with van der Waals surface area (Å²) in [6.07, 6.45) is 0.326. The van der Waals surface area contributed by atoms with Gasteiger partial charge in [0.25, 0.3) is 0 Å². The van der Waals surface area contributed by atoms with Crippen molar-refractivity contribution in [3.05, 3.63) is 54.6 Å². The normalized spacial score (nSPS) is 13.2. The van der Waals surface area contributed by atoms with Gasteiger partial charge in [-0.1, -0.05) is 49.4 Å². The van der Waals surface area contributed by atoms with E-state index in [1.165, 1.54) is 0 Å². The molecule has 0 radical (unpaired) electrons. The third-order valence-electron chi connectivity index (χ3n) is 3.60. The average molecular weight is 312 g/mol. The Balaban J connectivity index is 1.85. The number of benzene rings is 2. The van der Waals surface area contributed by atoms with Crippen LogP contribution in [-0.4, -0.2) is 23.8 Å². The fourth-order valence-electron chi connectivity index (χ4n) is 2.48. The van der Waals surface area contributed by atoms with Crippen LogP contribution in [0.25, 0.3) is 11.1 Å². The Morgan fingerprint density at radius 3 is 2.22 bits per heavy atom. The lowest BCUT2D eigenvalue weighted by Crippen LogP contribution is -2.33. The number of hydrogen-bond acceptors (Lipinski definition) is 2. The molecular formula is C19H24N2O2. The molecule has 4 heteroatoms. The second-order valence-corrected chi connectivity index (χ2v) is 5.97. The summed E-state index contributed by atoms with van der Waals surface area (Å²) >= 11 is 0. The zero-order chi connectivity index (χ0) is 16.7. The van der Waals surface area contributed by atoms with Gasteiger partial charge in [-0.2, -0.15) is 0 Å². The summed E-state index contributed by atoms with van der Waals surface area (Å²) in [6, 6.07) is 17.6. The summed E-state index contributed by atoms with van der Waals surface area (Å²) in [6.45, 7) is 4.30. The predicted molar refractivity (Wildman–Crippen MR) is 94.4 cm³/mol. The molecule has 122 valence electrons. The highest BCUT2D eigenvalue weighted by Gasteiger charge is 2.08. The highest BCUT2D eigenvalue weighted by Crippen LogP contribution is 2.20. The van der Waals surface area contributed by atoms with Crippen molar-refractivity contribution in [2.75, 3.05) is 11.9 Å². The molecule has 2 rings (SSSR count). The maximum Gasteiger partial charge on any atom is 0.319 e. The van der Waals surface area contributed by atoms with Crippen LogP contribution in [0.3, 0.4) is 0 Å². The molecule has 2 aromatic rings. The molecule has 0 spiro atoms. The van der Waals surface area contributed by atoms with Crippen LogP contribution in [0, 0.1) is 5.92 Å². The van der Waals surface area contributed by atoms with Crippen LogP contribution >= 0.6 is 0 Å². The zero-order valence-electron chi connectivity index (χ0n) is 13.6. The minimum absolute atomic E-state index is 0.227. The van der Waals surface area contributed by atoms with E-state index in [-0.39, 0.29) is 18.1 Å². The first-order chi connectivity index (χ1) is 11.0. The van der Waals surface area contributed by atoms with E-state index < -0.39 is 0 Å². The number of urea groups is 1. The van der Waals surface area contributed by atoms with Gasteiger partial charge in [0.05, 0.1) is 6.10 Å². The zero-order valence-corrected chi connectivity index (χ0v) is 13.6. The molecule has 0 aliphatic rings. The molecule has 23 heavy (non-hydrogen) atoms. The van der Waals surface area contributed by atoms with Gasteiger partial charge >= 0.3 is 6.03 Å². The number of carbonyl (C=O) groups excluding carboxylic acids is 1. The molecule has 3 N–H and O–H groups in total. The van der Waals surface area contributed by atoms with Crippen LogP contribution in [0.15, 0.2) is 54.6 Å². The number of amides is 2. The van der Waals surface area contributed by atoms with Gasteiger partial charge in [-0.3, -0.25) is 0 Å². The number of carbonyl (C=O) groups is 1. The maximum atomic E-state index is 11.9. The maximum absolute atomic E-state index is 11.9. The third-order valence-corrected chi connectivity index (χ3v) is 3.60. The fourth-order valence-corrected chi connectivity index (χ4v) is 2.48. The molecular weight excluding hydrogens is 288 g/mol. The van der Waals surface area contributed by atoms with E-state index in [9.17, 15) is 9.90 Å². The van der Waals surface area contributed by atoms with Gasteiger partial charge in [0, 0.05) is 12.2 Å². The smallest absolute Gasteiger partial charge is 0.319 e. The number of rotatable bonds is 6. The van der Waals surface area contributed by atoms with Crippen molar-refractivity contribution in [1.29, 1.82) is 0 Å². The SMILES string of the molecule is CC(O)CC(C)CNC(=O)Nc1ccc(-c2ccccc2)cc1. The minimum atomic E-state index is -0.347. The molecule has 0 heterocycles. The summed E-state index contributed by atoms with van der Waals surface area (Å²) in [5.41, 5.74) is 3.02. The highest BCUT2D eigenvalue weighted by atomic mass is 16.3. The Kier molecular flexibility index (Phi) is 6.18. The molecule has 0 saturated carbocycles. The second kappa shape index (κ2) is 8.34. The quantitative estimate of drug-likeness (QED) is 0.758. The number of aliphatic hydroxyl groups is 1. The van der Waals surface area contributed by atoms with Gasteiger partial charge in [-0.25, -0.2) is 4.79 Å². The highest BCUT2D eigenvalue weighted by molar-refractivity contribution is 5.89. The first kappa shape index (κ1) is 17.0. The Labute approximate surface area is 137 Å². The molecule has 0 fully saturated rings. The summed E-state index contributed by atoms with van der Waals surface area (Å²) in [5, 5.41) is 15.0. The Hall–Kier alpha value is -2.33. The predicted octanol–water partition coefficient (Wildman–Crippen LogP) is 3.88. The molecule has 0 aliphatic carbocycles. The van der Waals surface area contributed by atoms with Crippen molar-refractivity contribution in [2.24, 2.45) is 5.92 Å². The number of hydrogen-bond donors (Lipinski definition) is 3. The van der Waals surface area contributed by atoms with E-state index >= 15 is 0 Å². The largest absolute Gasteiger partial charge is 0.393 e. The number of aliphatic hydroxyl groups excluding tert-OH is 1. The van der Waals surface area contributed by atoms with E-state index in [2.05, 4.69) is 22.8 Å². The lowest BCUT2D eigenvalue weighted by molar-refractivity contribution is 0.163. The number of anilines is 1. The van der Waals surface area contributed by atoms with Gasteiger partial charge in [-0.15, -0.1) is 0 Å². The standard InChI is InChI=1S/C19H24N2O2/c1-14(12-15(2)22)13-20-19(23)21-18-10-8-17(9-11-18)16-6-4-3-5-7-16/h3-11,14-15,22H,12-13H2,1-2H3,(H2,20,21,23). The fraction of sp³-hybridized carbons (Fsp3) is 0.316. The molecule has 2 atom stereocenters. The minimum Gasteiger partial charge on any atom is -0.393 e. The van der Waals surface area contributed by atoms with Gasteiger partial charge in [0.2, 0.25) is 0 Å². The van der Waals surface area contributed by atoms with Crippen LogP contribution in [0.1, 0.15) is 20.3 Å². The van der Waals surface area contributed by atoms with Crippen LogP contribution in [0.5, 0.6) is 0 Å². The molecule has 0 aliphatic heterocycles. The molecule has 0 saturated heterocycles. The lowest BCUT2D eigenvalue weighted by Gasteiger charge is -2.14. The van der Waals surface area contributed by atoms with Crippen molar-refractivity contribution >= 4 is 11.7 Å². The van der Waals surface area contributed by atoms with E-state index in [0.717, 1.165) is 16.8 Å². The second-order valence-electron chi connectivity index (χ2n) is 5.97. The first-order valence-corrected chi connectivity index (χ1v) is 7.93. The van der Waals surface area contributed by atoms with Gasteiger partial charge in [0.1, 0.15) is 0 Å². The number of nitrogens with one attached hydrogen (secondary N) is 2. The molecule has 2 amide bonds. The lowest BCUT2D eigenvalue weighted by atomic mass is 10.1. The first-order valence-electron chi connectivity index (χ1n) is 7.93. The summed E-state index contributed by atoms with van der Waals surface area (Å²) in [4.78, 5) is 11.9. The molecule has 0 bridgehead atoms. The van der Waals surface area contributed by atoms with Crippen LogP contribution in [0.2, 0.25) is 0 Å². The van der Waals surface area contributed by atoms with Crippen LogP contribution in [0.4, 0.5) is 10.5 Å².